The van der Waals surface area contributed by atoms with Crippen LogP contribution in [-0.2, 0) is 4.79 Å². The van der Waals surface area contributed by atoms with Gasteiger partial charge in [0.15, 0.2) is 0 Å². The van der Waals surface area contributed by atoms with Crippen LogP contribution < -0.4 is 11.1 Å². The lowest BCUT2D eigenvalue weighted by atomic mass is 10.3. The largest absolute Gasteiger partial charge is 0.399 e. The molecule has 0 fully saturated rings. The normalized spacial score (nSPS) is 12.0. The lowest BCUT2D eigenvalue weighted by molar-refractivity contribution is -0.115. The number of thioether (sulfide) groups is 1. The molecule has 0 aromatic heterocycles. The second-order valence-electron chi connectivity index (χ2n) is 4.44. The van der Waals surface area contributed by atoms with Crippen LogP contribution in [0.2, 0.25) is 10.0 Å². The first-order valence-electron chi connectivity index (χ1n) is 6.24. The van der Waals surface area contributed by atoms with Crippen molar-refractivity contribution in [1.29, 1.82) is 0 Å². The van der Waals surface area contributed by atoms with Crippen LogP contribution in [0.4, 0.5) is 11.4 Å². The molecule has 0 radical (unpaired) electrons. The molecular weight excluding hydrogens is 327 g/mol. The minimum absolute atomic E-state index is 0.138. The molecule has 2 aromatic carbocycles. The highest BCUT2D eigenvalue weighted by Gasteiger charge is 2.16. The fourth-order valence-electron chi connectivity index (χ4n) is 1.63. The number of halogens is 2. The lowest BCUT2D eigenvalue weighted by Crippen LogP contribution is -2.22. The molecule has 3 nitrogen and oxygen atoms in total. The second kappa shape index (κ2) is 7.07. The summed E-state index contributed by atoms with van der Waals surface area (Å²) in [6, 6.07) is 12.3. The van der Waals surface area contributed by atoms with Crippen LogP contribution in [0.25, 0.3) is 0 Å². The number of hydrogen-bond acceptors (Lipinski definition) is 3. The van der Waals surface area contributed by atoms with E-state index >= 15 is 0 Å². The molecule has 2 rings (SSSR count). The van der Waals surface area contributed by atoms with Crippen molar-refractivity contribution in [3.05, 3.63) is 52.5 Å². The second-order valence-corrected chi connectivity index (χ2v) is 6.70. The van der Waals surface area contributed by atoms with Crippen LogP contribution in [0.3, 0.4) is 0 Å². The molecule has 0 bridgehead atoms. The van der Waals surface area contributed by atoms with E-state index in [1.807, 2.05) is 19.1 Å². The van der Waals surface area contributed by atoms with Gasteiger partial charge in [-0.1, -0.05) is 23.2 Å². The van der Waals surface area contributed by atoms with Crippen molar-refractivity contribution in [2.75, 3.05) is 11.1 Å². The first kappa shape index (κ1) is 16.0. The van der Waals surface area contributed by atoms with Gasteiger partial charge in [-0.25, -0.2) is 0 Å². The van der Waals surface area contributed by atoms with Crippen molar-refractivity contribution in [2.24, 2.45) is 0 Å². The summed E-state index contributed by atoms with van der Waals surface area (Å²) in [6.45, 7) is 1.83. The predicted molar refractivity (Wildman–Crippen MR) is 91.3 cm³/mol. The van der Waals surface area contributed by atoms with Crippen LogP contribution in [0, 0.1) is 0 Å². The molecule has 3 N–H and O–H groups in total. The molecule has 0 saturated carbocycles. The molecule has 1 unspecified atom stereocenters. The van der Waals surface area contributed by atoms with Crippen molar-refractivity contribution < 1.29 is 4.79 Å². The number of carbonyl (C=O) groups excluding carboxylic acids is 1. The van der Waals surface area contributed by atoms with E-state index in [4.69, 9.17) is 28.9 Å². The third kappa shape index (κ3) is 4.56. The molecule has 1 atom stereocenters. The van der Waals surface area contributed by atoms with Crippen molar-refractivity contribution in [1.82, 2.24) is 0 Å². The van der Waals surface area contributed by atoms with Gasteiger partial charge in [0.2, 0.25) is 5.91 Å². The summed E-state index contributed by atoms with van der Waals surface area (Å²) in [7, 11) is 0. The Morgan fingerprint density at radius 2 is 1.86 bits per heavy atom. The van der Waals surface area contributed by atoms with Crippen molar-refractivity contribution in [3.8, 4) is 0 Å². The summed E-state index contributed by atoms with van der Waals surface area (Å²) in [4.78, 5) is 13.2. The van der Waals surface area contributed by atoms with Crippen molar-refractivity contribution in [3.63, 3.8) is 0 Å². The Hall–Kier alpha value is -1.36. The minimum Gasteiger partial charge on any atom is -0.399 e. The summed E-state index contributed by atoms with van der Waals surface area (Å²) < 4.78 is 0. The summed E-state index contributed by atoms with van der Waals surface area (Å²) >= 11 is 13.4. The highest BCUT2D eigenvalue weighted by Crippen LogP contribution is 2.28. The van der Waals surface area contributed by atoms with E-state index in [0.29, 0.717) is 21.4 Å². The molecule has 6 heteroatoms. The van der Waals surface area contributed by atoms with E-state index in [-0.39, 0.29) is 11.2 Å². The molecular formula is C15H14Cl2N2OS. The van der Waals surface area contributed by atoms with Gasteiger partial charge in [-0.15, -0.1) is 11.8 Å². The molecule has 0 aliphatic heterocycles. The van der Waals surface area contributed by atoms with E-state index in [9.17, 15) is 4.79 Å². The zero-order chi connectivity index (χ0) is 15.4. The Morgan fingerprint density at radius 1 is 1.19 bits per heavy atom. The third-order valence-electron chi connectivity index (χ3n) is 2.75. The standard InChI is InChI=1S/C15H14Cl2N2OS/c1-9(21-12-5-3-11(18)4-6-12)15(20)19-14-8-10(16)2-7-13(14)17/h2-9H,18H2,1H3,(H,19,20). The SMILES string of the molecule is CC(Sc1ccc(N)cc1)C(=O)Nc1cc(Cl)ccc1Cl. The topological polar surface area (TPSA) is 55.1 Å². The highest BCUT2D eigenvalue weighted by atomic mass is 35.5. The highest BCUT2D eigenvalue weighted by molar-refractivity contribution is 8.00. The predicted octanol–water partition coefficient (Wildman–Crippen LogP) is 4.69. The van der Waals surface area contributed by atoms with Gasteiger partial charge in [-0.3, -0.25) is 4.79 Å². The lowest BCUT2D eigenvalue weighted by Gasteiger charge is -2.13. The number of nitrogens with one attached hydrogen (secondary N) is 1. The zero-order valence-electron chi connectivity index (χ0n) is 11.3. The van der Waals surface area contributed by atoms with Gasteiger partial charge >= 0.3 is 0 Å². The van der Waals surface area contributed by atoms with Crippen LogP contribution in [0.5, 0.6) is 0 Å². The fraction of sp³-hybridized carbons (Fsp3) is 0.133. The van der Waals surface area contributed by atoms with Crippen LogP contribution >= 0.6 is 35.0 Å². The number of carbonyl (C=O) groups is 1. The molecule has 0 aliphatic rings. The molecule has 0 heterocycles. The van der Waals surface area contributed by atoms with E-state index in [0.717, 1.165) is 4.90 Å². The maximum atomic E-state index is 12.2. The summed E-state index contributed by atoms with van der Waals surface area (Å²) in [5, 5.41) is 3.48. The Balaban J connectivity index is 2.02. The fourth-order valence-corrected chi connectivity index (χ4v) is 2.84. The number of hydrogen-bond donors (Lipinski definition) is 2. The van der Waals surface area contributed by atoms with Crippen LogP contribution in [0.1, 0.15) is 6.92 Å². The summed E-state index contributed by atoms with van der Waals surface area (Å²) in [6.07, 6.45) is 0. The molecule has 1 amide bonds. The quantitative estimate of drug-likeness (QED) is 0.626. The molecule has 0 aliphatic carbocycles. The van der Waals surface area contributed by atoms with E-state index < -0.39 is 0 Å². The van der Waals surface area contributed by atoms with Gasteiger partial charge in [-0.2, -0.15) is 0 Å². The van der Waals surface area contributed by atoms with Crippen molar-refractivity contribution >= 4 is 52.2 Å². The maximum absolute atomic E-state index is 12.2. The number of rotatable bonds is 4. The average molecular weight is 341 g/mol. The van der Waals surface area contributed by atoms with Gasteiger partial charge in [0, 0.05) is 15.6 Å². The number of nitrogen functional groups attached to an aromatic ring is 1. The van der Waals surface area contributed by atoms with E-state index in [1.54, 1.807) is 30.3 Å². The average Bonchev–Trinajstić information content (AvgIpc) is 2.45. The van der Waals surface area contributed by atoms with E-state index in [2.05, 4.69) is 5.32 Å². The number of amides is 1. The zero-order valence-corrected chi connectivity index (χ0v) is 13.6. The Morgan fingerprint density at radius 3 is 2.52 bits per heavy atom. The summed E-state index contributed by atoms with van der Waals surface area (Å²) in [5.41, 5.74) is 6.84. The van der Waals surface area contributed by atoms with E-state index in [1.165, 1.54) is 11.8 Å². The Kier molecular flexibility index (Phi) is 5.39. The van der Waals surface area contributed by atoms with Crippen LogP contribution in [0.15, 0.2) is 47.4 Å². The summed E-state index contributed by atoms with van der Waals surface area (Å²) in [5.74, 6) is -0.138. The molecule has 21 heavy (non-hydrogen) atoms. The number of anilines is 2. The maximum Gasteiger partial charge on any atom is 0.237 e. The van der Waals surface area contributed by atoms with Gasteiger partial charge in [0.1, 0.15) is 0 Å². The van der Waals surface area contributed by atoms with Gasteiger partial charge in [0.25, 0.3) is 0 Å². The van der Waals surface area contributed by atoms with Gasteiger partial charge < -0.3 is 11.1 Å². The van der Waals surface area contributed by atoms with Gasteiger partial charge in [0.05, 0.1) is 16.0 Å². The number of nitrogens with two attached hydrogens (primary N) is 1. The van der Waals surface area contributed by atoms with Gasteiger partial charge in [-0.05, 0) is 49.4 Å². The molecule has 2 aromatic rings. The monoisotopic (exact) mass is 340 g/mol. The molecule has 110 valence electrons. The smallest absolute Gasteiger partial charge is 0.237 e. The Bertz CT molecular complexity index is 647. The Labute approximate surface area is 137 Å². The van der Waals surface area contributed by atoms with Crippen molar-refractivity contribution in [2.45, 2.75) is 17.1 Å². The first-order valence-corrected chi connectivity index (χ1v) is 7.87. The minimum atomic E-state index is -0.274. The molecule has 0 spiro atoms. The first-order chi connectivity index (χ1) is 9.95. The number of benzene rings is 2. The third-order valence-corrected chi connectivity index (χ3v) is 4.43. The molecule has 0 saturated heterocycles. The van der Waals surface area contributed by atoms with Crippen LogP contribution in [-0.4, -0.2) is 11.2 Å².